The number of aryl methyl sites for hydroxylation is 1. The lowest BCUT2D eigenvalue weighted by atomic mass is 10.1. The Morgan fingerprint density at radius 3 is 1.97 bits per heavy atom. The van der Waals surface area contributed by atoms with E-state index >= 15 is 0 Å². The Bertz CT molecular complexity index is 1230. The number of carbonyl (C=O) groups is 1. The fourth-order valence-corrected chi connectivity index (χ4v) is 5.52. The van der Waals surface area contributed by atoms with Crippen molar-refractivity contribution in [3.63, 3.8) is 0 Å². The number of ether oxygens (including phenoxy) is 2. The van der Waals surface area contributed by atoms with Crippen LogP contribution in [0.1, 0.15) is 25.8 Å². The average molecular weight is 543 g/mol. The molecular formula is C28H34N2O5S2. The van der Waals surface area contributed by atoms with Crippen LogP contribution in [-0.4, -0.2) is 46.9 Å². The first-order valence-corrected chi connectivity index (χ1v) is 14.9. The van der Waals surface area contributed by atoms with Crippen LogP contribution < -0.4 is 19.1 Å². The largest absolute Gasteiger partial charge is 0.494 e. The number of nitrogens with zero attached hydrogens (tertiary/aromatic N) is 1. The van der Waals surface area contributed by atoms with Crippen LogP contribution in [0.3, 0.4) is 0 Å². The first-order chi connectivity index (χ1) is 17.9. The van der Waals surface area contributed by atoms with Crippen LogP contribution in [0.5, 0.6) is 11.5 Å². The summed E-state index contributed by atoms with van der Waals surface area (Å²) in [5, 5.41) is 2.86. The Labute approximate surface area is 224 Å². The fourth-order valence-electron chi connectivity index (χ4n) is 3.69. The maximum Gasteiger partial charge on any atom is 0.264 e. The van der Waals surface area contributed by atoms with Gasteiger partial charge in [-0.15, -0.1) is 11.8 Å². The number of hydrogen-bond donors (Lipinski definition) is 1. The molecule has 0 atom stereocenters. The monoisotopic (exact) mass is 542 g/mol. The molecule has 7 nitrogen and oxygen atoms in total. The molecule has 1 N–H and O–H groups in total. The summed E-state index contributed by atoms with van der Waals surface area (Å²) < 4.78 is 39.2. The van der Waals surface area contributed by atoms with Gasteiger partial charge in [-0.25, -0.2) is 8.42 Å². The van der Waals surface area contributed by atoms with Crippen molar-refractivity contribution in [2.75, 3.05) is 36.9 Å². The molecule has 0 radical (unpaired) electrons. The Morgan fingerprint density at radius 1 is 0.865 bits per heavy atom. The average Bonchev–Trinajstić information content (AvgIpc) is 2.91. The zero-order chi connectivity index (χ0) is 26.7. The predicted octanol–water partition coefficient (Wildman–Crippen LogP) is 5.15. The smallest absolute Gasteiger partial charge is 0.264 e. The summed E-state index contributed by atoms with van der Waals surface area (Å²) in [7, 11) is -3.97. The van der Waals surface area contributed by atoms with Gasteiger partial charge in [0.2, 0.25) is 5.91 Å². The molecule has 3 rings (SSSR count). The molecule has 0 aliphatic rings. The standard InChI is InChI=1S/C28H34N2O5S2/c1-4-34-24-12-8-22(9-13-24)7-6-20-29-28(31)21-30(23-10-14-25(15-11-23)35-5-2)37(32,33)27-18-16-26(36-3)17-19-27/h8-19H,4-7,20-21H2,1-3H3,(H,29,31). The Balaban J connectivity index is 1.68. The van der Waals surface area contributed by atoms with Gasteiger partial charge in [-0.3, -0.25) is 9.10 Å². The van der Waals surface area contributed by atoms with Crippen LogP contribution in [0.25, 0.3) is 0 Å². The highest BCUT2D eigenvalue weighted by Gasteiger charge is 2.27. The van der Waals surface area contributed by atoms with Crippen LogP contribution in [0.15, 0.2) is 82.6 Å². The molecule has 198 valence electrons. The Kier molecular flexibility index (Phi) is 10.7. The van der Waals surface area contributed by atoms with Crippen molar-refractivity contribution in [2.24, 2.45) is 0 Å². The molecule has 0 aliphatic heterocycles. The minimum atomic E-state index is -3.97. The Morgan fingerprint density at radius 2 is 1.43 bits per heavy atom. The second-order valence-electron chi connectivity index (χ2n) is 8.14. The van der Waals surface area contributed by atoms with Gasteiger partial charge in [0.25, 0.3) is 10.0 Å². The van der Waals surface area contributed by atoms with E-state index in [-0.39, 0.29) is 17.3 Å². The number of hydrogen-bond acceptors (Lipinski definition) is 6. The number of carbonyl (C=O) groups excluding carboxylic acids is 1. The van der Waals surface area contributed by atoms with Gasteiger partial charge >= 0.3 is 0 Å². The molecule has 0 aromatic heterocycles. The maximum absolute atomic E-state index is 13.6. The molecule has 3 aromatic carbocycles. The number of rotatable bonds is 14. The lowest BCUT2D eigenvalue weighted by molar-refractivity contribution is -0.119. The molecule has 37 heavy (non-hydrogen) atoms. The van der Waals surface area contributed by atoms with Crippen LogP contribution in [0.2, 0.25) is 0 Å². The molecule has 0 heterocycles. The minimum absolute atomic E-state index is 0.127. The highest BCUT2D eigenvalue weighted by Crippen LogP contribution is 2.27. The molecule has 3 aromatic rings. The third kappa shape index (κ3) is 8.16. The van der Waals surface area contributed by atoms with Gasteiger partial charge in [-0.2, -0.15) is 0 Å². The second-order valence-corrected chi connectivity index (χ2v) is 10.9. The molecule has 0 bridgehead atoms. The summed E-state index contributed by atoms with van der Waals surface area (Å²) in [6.07, 6.45) is 3.44. The molecule has 0 saturated heterocycles. The zero-order valence-electron chi connectivity index (χ0n) is 21.5. The molecule has 0 spiro atoms. The first kappa shape index (κ1) is 28.4. The second kappa shape index (κ2) is 13.9. The summed E-state index contributed by atoms with van der Waals surface area (Å²) in [6.45, 7) is 5.05. The number of amides is 1. The van der Waals surface area contributed by atoms with Crippen LogP contribution >= 0.6 is 11.8 Å². The first-order valence-electron chi connectivity index (χ1n) is 12.3. The van der Waals surface area contributed by atoms with E-state index in [1.807, 2.05) is 44.4 Å². The minimum Gasteiger partial charge on any atom is -0.494 e. The van der Waals surface area contributed by atoms with Crippen molar-refractivity contribution in [1.29, 1.82) is 0 Å². The molecule has 0 saturated carbocycles. The number of thioether (sulfide) groups is 1. The summed E-state index contributed by atoms with van der Waals surface area (Å²) in [4.78, 5) is 13.9. The normalized spacial score (nSPS) is 11.1. The van der Waals surface area contributed by atoms with E-state index < -0.39 is 10.0 Å². The van der Waals surface area contributed by atoms with Gasteiger partial charge in [-0.1, -0.05) is 12.1 Å². The molecule has 1 amide bonds. The third-order valence-electron chi connectivity index (χ3n) is 5.57. The van der Waals surface area contributed by atoms with E-state index in [1.165, 1.54) is 11.8 Å². The zero-order valence-corrected chi connectivity index (χ0v) is 23.1. The van der Waals surface area contributed by atoms with E-state index in [9.17, 15) is 13.2 Å². The Hall–Kier alpha value is -3.17. The van der Waals surface area contributed by atoms with Gasteiger partial charge in [-0.05, 0) is 99.2 Å². The van der Waals surface area contributed by atoms with Gasteiger partial charge in [0.05, 0.1) is 23.8 Å². The molecule has 0 fully saturated rings. The van der Waals surface area contributed by atoms with Crippen molar-refractivity contribution in [3.05, 3.63) is 78.4 Å². The van der Waals surface area contributed by atoms with Crippen molar-refractivity contribution in [2.45, 2.75) is 36.5 Å². The maximum atomic E-state index is 13.6. The predicted molar refractivity (Wildman–Crippen MR) is 149 cm³/mol. The number of sulfonamides is 1. The van der Waals surface area contributed by atoms with Gasteiger partial charge in [0.1, 0.15) is 18.0 Å². The molecule has 0 aliphatic carbocycles. The van der Waals surface area contributed by atoms with Crippen molar-refractivity contribution >= 4 is 33.4 Å². The van der Waals surface area contributed by atoms with E-state index in [0.717, 1.165) is 33.4 Å². The summed E-state index contributed by atoms with van der Waals surface area (Å²) in [6, 6.07) is 21.2. The van der Waals surface area contributed by atoms with Gasteiger partial charge in [0, 0.05) is 11.4 Å². The van der Waals surface area contributed by atoms with Crippen LogP contribution in [0, 0.1) is 0 Å². The number of anilines is 1. The lowest BCUT2D eigenvalue weighted by Gasteiger charge is -2.24. The summed E-state index contributed by atoms with van der Waals surface area (Å²) in [5.74, 6) is 1.09. The third-order valence-corrected chi connectivity index (χ3v) is 8.10. The van der Waals surface area contributed by atoms with Crippen LogP contribution in [0.4, 0.5) is 5.69 Å². The number of nitrogens with one attached hydrogen (secondary N) is 1. The van der Waals surface area contributed by atoms with Gasteiger partial charge in [0.15, 0.2) is 0 Å². The molecule has 0 unspecified atom stereocenters. The molecular weight excluding hydrogens is 508 g/mol. The molecule has 9 heteroatoms. The van der Waals surface area contributed by atoms with E-state index in [0.29, 0.717) is 31.2 Å². The summed E-state index contributed by atoms with van der Waals surface area (Å²) in [5.41, 5.74) is 1.53. The quantitative estimate of drug-likeness (QED) is 0.224. The van der Waals surface area contributed by atoms with Gasteiger partial charge < -0.3 is 14.8 Å². The van der Waals surface area contributed by atoms with E-state index in [1.54, 1.807) is 48.5 Å². The number of benzene rings is 3. The van der Waals surface area contributed by atoms with E-state index in [2.05, 4.69) is 5.32 Å². The lowest BCUT2D eigenvalue weighted by Crippen LogP contribution is -2.41. The topological polar surface area (TPSA) is 84.9 Å². The van der Waals surface area contributed by atoms with Crippen molar-refractivity contribution < 1.29 is 22.7 Å². The summed E-state index contributed by atoms with van der Waals surface area (Å²) >= 11 is 1.53. The fraction of sp³-hybridized carbons (Fsp3) is 0.321. The highest BCUT2D eigenvalue weighted by atomic mass is 32.2. The van der Waals surface area contributed by atoms with E-state index in [4.69, 9.17) is 9.47 Å². The van der Waals surface area contributed by atoms with Crippen molar-refractivity contribution in [3.8, 4) is 11.5 Å². The van der Waals surface area contributed by atoms with Crippen molar-refractivity contribution in [1.82, 2.24) is 5.32 Å². The van der Waals surface area contributed by atoms with Crippen LogP contribution in [-0.2, 0) is 21.2 Å². The highest BCUT2D eigenvalue weighted by molar-refractivity contribution is 7.98. The SMILES string of the molecule is CCOc1ccc(CCCNC(=O)CN(c2ccc(OCC)cc2)S(=O)(=O)c2ccc(SC)cc2)cc1.